The van der Waals surface area contributed by atoms with Crippen molar-refractivity contribution in [1.29, 1.82) is 0 Å². The maximum atomic E-state index is 12.1. The molecule has 1 saturated heterocycles. The molecule has 0 bridgehead atoms. The van der Waals surface area contributed by atoms with Gasteiger partial charge < -0.3 is 9.73 Å². The first-order valence-electron chi connectivity index (χ1n) is 6.25. The first kappa shape index (κ1) is 14.1. The van der Waals surface area contributed by atoms with Gasteiger partial charge in [0, 0.05) is 6.54 Å². The van der Waals surface area contributed by atoms with E-state index in [-0.39, 0.29) is 12.5 Å². The Morgan fingerprint density at radius 2 is 2.32 bits per heavy atom. The van der Waals surface area contributed by atoms with E-state index < -0.39 is 16.1 Å². The van der Waals surface area contributed by atoms with Crippen molar-refractivity contribution in [3.8, 4) is 0 Å². The van der Waals surface area contributed by atoms with Crippen LogP contribution in [0.3, 0.4) is 0 Å². The predicted octanol–water partition coefficient (Wildman–Crippen LogP) is 0.710. The molecule has 2 rings (SSSR count). The summed E-state index contributed by atoms with van der Waals surface area (Å²) in [4.78, 5) is 12.1. The molecule has 7 heteroatoms. The maximum Gasteiger partial charge on any atom is 0.238 e. The number of furan rings is 1. The summed E-state index contributed by atoms with van der Waals surface area (Å²) >= 11 is 0. The van der Waals surface area contributed by atoms with E-state index in [4.69, 9.17) is 4.42 Å². The fourth-order valence-electron chi connectivity index (χ4n) is 2.27. The number of carbonyl (C=O) groups excluding carboxylic acids is 1. The van der Waals surface area contributed by atoms with Crippen LogP contribution in [0, 0.1) is 0 Å². The van der Waals surface area contributed by atoms with E-state index in [0.717, 1.165) is 19.1 Å². The summed E-state index contributed by atoms with van der Waals surface area (Å²) in [5.74, 6) is 0.386. The topological polar surface area (TPSA) is 79.6 Å². The molecule has 1 aliphatic heterocycles. The van der Waals surface area contributed by atoms with Gasteiger partial charge in [-0.15, -0.1) is 0 Å². The molecule has 19 heavy (non-hydrogen) atoms. The van der Waals surface area contributed by atoms with Gasteiger partial charge in [-0.05, 0) is 25.0 Å². The molecular weight excluding hydrogens is 268 g/mol. The Morgan fingerprint density at radius 3 is 2.95 bits per heavy atom. The van der Waals surface area contributed by atoms with E-state index in [1.165, 1.54) is 10.6 Å². The molecule has 106 valence electrons. The molecule has 0 aliphatic carbocycles. The van der Waals surface area contributed by atoms with Crippen LogP contribution in [-0.2, 0) is 21.4 Å². The number of hydrogen-bond donors (Lipinski definition) is 1. The molecule has 0 spiro atoms. The Labute approximate surface area is 112 Å². The van der Waals surface area contributed by atoms with E-state index in [9.17, 15) is 13.2 Å². The second kappa shape index (κ2) is 5.75. The number of rotatable bonds is 4. The summed E-state index contributed by atoms with van der Waals surface area (Å²) in [7, 11) is -3.34. The van der Waals surface area contributed by atoms with Crippen LogP contribution >= 0.6 is 0 Å². The van der Waals surface area contributed by atoms with Gasteiger partial charge in [0.05, 0.1) is 19.1 Å². The molecule has 1 aliphatic rings. The number of hydrogen-bond acceptors (Lipinski definition) is 4. The zero-order valence-electron chi connectivity index (χ0n) is 10.8. The van der Waals surface area contributed by atoms with Gasteiger partial charge in [-0.25, -0.2) is 8.42 Å². The van der Waals surface area contributed by atoms with Crippen molar-refractivity contribution in [1.82, 2.24) is 9.62 Å². The summed E-state index contributed by atoms with van der Waals surface area (Å²) in [6.45, 7) is 0.692. The van der Waals surface area contributed by atoms with Crippen LogP contribution in [0.5, 0.6) is 0 Å². The lowest BCUT2D eigenvalue weighted by atomic mass is 10.0. The van der Waals surface area contributed by atoms with Crippen LogP contribution < -0.4 is 5.32 Å². The van der Waals surface area contributed by atoms with Gasteiger partial charge in [-0.3, -0.25) is 4.79 Å². The minimum absolute atomic E-state index is 0.262. The minimum Gasteiger partial charge on any atom is -0.467 e. The highest BCUT2D eigenvalue weighted by molar-refractivity contribution is 7.88. The summed E-state index contributed by atoms with van der Waals surface area (Å²) < 4.78 is 29.7. The maximum absolute atomic E-state index is 12.1. The molecule has 1 aromatic heterocycles. The highest BCUT2D eigenvalue weighted by Gasteiger charge is 2.34. The van der Waals surface area contributed by atoms with Crippen LogP contribution in [0.25, 0.3) is 0 Å². The Kier molecular flexibility index (Phi) is 4.26. The molecular formula is C12H18N2O4S. The molecule has 0 radical (unpaired) electrons. The highest BCUT2D eigenvalue weighted by atomic mass is 32.2. The Morgan fingerprint density at radius 1 is 1.53 bits per heavy atom. The van der Waals surface area contributed by atoms with E-state index in [1.54, 1.807) is 12.1 Å². The standard InChI is InChI=1S/C12H18N2O4S/c1-19(16,17)14-7-3-2-6-11(14)12(15)13-9-10-5-4-8-18-10/h4-5,8,11H,2-3,6-7,9H2,1H3,(H,13,15). The number of nitrogens with one attached hydrogen (secondary N) is 1. The van der Waals surface area contributed by atoms with Gasteiger partial charge in [0.25, 0.3) is 0 Å². The van der Waals surface area contributed by atoms with Crippen LogP contribution in [0.1, 0.15) is 25.0 Å². The van der Waals surface area contributed by atoms with Crippen LogP contribution in [-0.4, -0.2) is 37.5 Å². The molecule has 1 atom stereocenters. The number of carbonyl (C=O) groups is 1. The first-order valence-corrected chi connectivity index (χ1v) is 8.10. The summed E-state index contributed by atoms with van der Waals surface area (Å²) in [5.41, 5.74) is 0. The smallest absolute Gasteiger partial charge is 0.238 e. The molecule has 1 aromatic rings. The van der Waals surface area contributed by atoms with E-state index in [2.05, 4.69) is 5.32 Å². The summed E-state index contributed by atoms with van der Waals surface area (Å²) in [5, 5.41) is 2.72. The van der Waals surface area contributed by atoms with Crippen LogP contribution in [0.15, 0.2) is 22.8 Å². The predicted molar refractivity (Wildman–Crippen MR) is 69.7 cm³/mol. The molecule has 6 nitrogen and oxygen atoms in total. The first-order chi connectivity index (χ1) is 8.98. The average molecular weight is 286 g/mol. The van der Waals surface area contributed by atoms with Crippen molar-refractivity contribution in [2.45, 2.75) is 31.8 Å². The second-order valence-corrected chi connectivity index (χ2v) is 6.62. The van der Waals surface area contributed by atoms with Gasteiger partial charge in [0.1, 0.15) is 11.8 Å². The lowest BCUT2D eigenvalue weighted by molar-refractivity contribution is -0.125. The van der Waals surface area contributed by atoms with Gasteiger partial charge in [-0.2, -0.15) is 4.31 Å². The zero-order valence-corrected chi connectivity index (χ0v) is 11.6. The summed E-state index contributed by atoms with van der Waals surface area (Å²) in [6.07, 6.45) is 4.91. The normalized spacial score (nSPS) is 21.2. The van der Waals surface area contributed by atoms with Crippen molar-refractivity contribution < 1.29 is 17.6 Å². The van der Waals surface area contributed by atoms with Crippen LogP contribution in [0.4, 0.5) is 0 Å². The Hall–Kier alpha value is -1.34. The van der Waals surface area contributed by atoms with E-state index in [0.29, 0.717) is 18.7 Å². The highest BCUT2D eigenvalue weighted by Crippen LogP contribution is 2.20. The molecule has 1 amide bonds. The summed E-state index contributed by atoms with van der Waals surface area (Å²) in [6, 6.07) is 2.90. The zero-order chi connectivity index (χ0) is 13.9. The molecule has 0 saturated carbocycles. The van der Waals surface area contributed by atoms with Crippen LogP contribution in [0.2, 0.25) is 0 Å². The molecule has 1 N–H and O–H groups in total. The Balaban J connectivity index is 1.99. The fraction of sp³-hybridized carbons (Fsp3) is 0.583. The SMILES string of the molecule is CS(=O)(=O)N1CCCCC1C(=O)NCc1ccco1. The third-order valence-corrected chi connectivity index (χ3v) is 4.49. The lowest BCUT2D eigenvalue weighted by Crippen LogP contribution is -2.51. The number of piperidine rings is 1. The minimum atomic E-state index is -3.34. The van der Waals surface area contributed by atoms with Gasteiger partial charge in [0.2, 0.25) is 15.9 Å². The quantitative estimate of drug-likeness (QED) is 0.884. The van der Waals surface area contributed by atoms with E-state index in [1.807, 2.05) is 0 Å². The molecule has 2 heterocycles. The van der Waals surface area contributed by atoms with Gasteiger partial charge in [-0.1, -0.05) is 6.42 Å². The monoisotopic (exact) mass is 286 g/mol. The Bertz CT molecular complexity index is 524. The molecule has 1 fully saturated rings. The van der Waals surface area contributed by atoms with Crippen molar-refractivity contribution >= 4 is 15.9 Å². The van der Waals surface area contributed by atoms with E-state index >= 15 is 0 Å². The molecule has 1 unspecified atom stereocenters. The largest absolute Gasteiger partial charge is 0.467 e. The van der Waals surface area contributed by atoms with Crippen molar-refractivity contribution in [2.75, 3.05) is 12.8 Å². The lowest BCUT2D eigenvalue weighted by Gasteiger charge is -2.32. The molecule has 0 aromatic carbocycles. The number of amides is 1. The third kappa shape index (κ3) is 3.57. The van der Waals surface area contributed by atoms with Crippen molar-refractivity contribution in [3.63, 3.8) is 0 Å². The average Bonchev–Trinajstić information content (AvgIpc) is 2.88. The number of nitrogens with zero attached hydrogens (tertiary/aromatic N) is 1. The number of sulfonamides is 1. The second-order valence-electron chi connectivity index (χ2n) is 4.68. The van der Waals surface area contributed by atoms with Gasteiger partial charge >= 0.3 is 0 Å². The van der Waals surface area contributed by atoms with Gasteiger partial charge in [0.15, 0.2) is 0 Å². The van der Waals surface area contributed by atoms with Crippen molar-refractivity contribution in [3.05, 3.63) is 24.2 Å². The fourth-order valence-corrected chi connectivity index (χ4v) is 3.39. The van der Waals surface area contributed by atoms with Crippen molar-refractivity contribution in [2.24, 2.45) is 0 Å². The third-order valence-electron chi connectivity index (χ3n) is 3.20.